The third-order valence-corrected chi connectivity index (χ3v) is 11.9. The van der Waals surface area contributed by atoms with Crippen molar-refractivity contribution in [2.45, 2.75) is 110 Å². The molecule has 0 radical (unpaired) electrons. The van der Waals surface area contributed by atoms with Gasteiger partial charge in [-0.05, 0) is 97.7 Å². The van der Waals surface area contributed by atoms with Gasteiger partial charge in [-0.2, -0.15) is 0 Å². The van der Waals surface area contributed by atoms with Gasteiger partial charge in [0.05, 0.1) is 12.7 Å². The van der Waals surface area contributed by atoms with Gasteiger partial charge in [0.1, 0.15) is 0 Å². The van der Waals surface area contributed by atoms with Gasteiger partial charge in [0, 0.05) is 12.3 Å². The van der Waals surface area contributed by atoms with E-state index in [1.807, 2.05) is 0 Å². The minimum absolute atomic E-state index is 0.250. The van der Waals surface area contributed by atoms with E-state index in [-0.39, 0.29) is 5.79 Å². The van der Waals surface area contributed by atoms with Crippen molar-refractivity contribution in [3.63, 3.8) is 0 Å². The summed E-state index contributed by atoms with van der Waals surface area (Å²) in [4.78, 5) is 0. The van der Waals surface area contributed by atoms with E-state index in [0.717, 1.165) is 42.6 Å². The summed E-state index contributed by atoms with van der Waals surface area (Å²) in [6, 6.07) is 0. The summed E-state index contributed by atoms with van der Waals surface area (Å²) >= 11 is 0. The first-order chi connectivity index (χ1) is 13.9. The Morgan fingerprint density at radius 1 is 0.793 bits per heavy atom. The van der Waals surface area contributed by atoms with E-state index >= 15 is 0 Å². The molecule has 2 heteroatoms. The average Bonchev–Trinajstić information content (AvgIpc) is 3.15. The Balaban J connectivity index is 1.27. The molecule has 0 bridgehead atoms. The van der Waals surface area contributed by atoms with Crippen molar-refractivity contribution in [3.05, 3.63) is 0 Å². The number of hydrogen-bond donors (Lipinski definition) is 0. The Labute approximate surface area is 178 Å². The quantitative estimate of drug-likeness (QED) is 0.444. The van der Waals surface area contributed by atoms with Gasteiger partial charge in [-0.15, -0.1) is 0 Å². The van der Waals surface area contributed by atoms with Crippen LogP contribution in [0.5, 0.6) is 0 Å². The molecule has 11 atom stereocenters. The molecule has 29 heavy (non-hydrogen) atoms. The Morgan fingerprint density at radius 2 is 1.66 bits per heavy atom. The standard InChI is InChI=1S/C27H44O2/c1-17-10-14-27(28-16-17)18(2)24-23(29-27)15-22-20-9-8-19-7-5-6-12-25(19,3)21(20)11-13-26(22,24)4/h17-24H,5-16H2,1-4H3/t17-,18-,19-,20+,21?,22?,23?,24?,25-,26-,27+/m0/s1. The van der Waals surface area contributed by atoms with Crippen LogP contribution in [0.1, 0.15) is 98.3 Å². The molecule has 2 nitrogen and oxygen atoms in total. The van der Waals surface area contributed by atoms with Crippen LogP contribution in [-0.4, -0.2) is 18.5 Å². The summed E-state index contributed by atoms with van der Waals surface area (Å²) in [5.41, 5.74) is 1.13. The summed E-state index contributed by atoms with van der Waals surface area (Å²) in [7, 11) is 0. The number of hydrogen-bond acceptors (Lipinski definition) is 2. The topological polar surface area (TPSA) is 18.5 Å². The molecule has 2 aliphatic heterocycles. The molecule has 2 saturated heterocycles. The molecule has 0 amide bonds. The van der Waals surface area contributed by atoms with Gasteiger partial charge < -0.3 is 9.47 Å². The minimum atomic E-state index is -0.250. The fraction of sp³-hybridized carbons (Fsp3) is 1.00. The van der Waals surface area contributed by atoms with Crippen molar-refractivity contribution in [1.29, 1.82) is 0 Å². The monoisotopic (exact) mass is 400 g/mol. The summed E-state index contributed by atoms with van der Waals surface area (Å²) < 4.78 is 13.4. The zero-order chi connectivity index (χ0) is 20.0. The smallest absolute Gasteiger partial charge is 0.171 e. The lowest BCUT2D eigenvalue weighted by atomic mass is 9.44. The van der Waals surface area contributed by atoms with Crippen molar-refractivity contribution in [2.75, 3.05) is 6.61 Å². The van der Waals surface area contributed by atoms with Crippen LogP contribution in [-0.2, 0) is 9.47 Å². The molecular formula is C27H44O2. The van der Waals surface area contributed by atoms with Crippen molar-refractivity contribution in [2.24, 2.45) is 52.3 Å². The molecule has 0 aromatic heterocycles. The maximum atomic E-state index is 6.92. The Kier molecular flexibility index (Phi) is 4.37. The highest BCUT2D eigenvalue weighted by molar-refractivity contribution is 5.15. The number of ether oxygens (including phenoxy) is 2. The van der Waals surface area contributed by atoms with Gasteiger partial charge in [-0.1, -0.05) is 40.5 Å². The molecule has 4 aliphatic carbocycles. The second-order valence-corrected chi connectivity index (χ2v) is 12.9. The fourth-order valence-corrected chi connectivity index (χ4v) is 10.3. The largest absolute Gasteiger partial charge is 0.349 e. The van der Waals surface area contributed by atoms with Crippen LogP contribution in [0, 0.1) is 52.3 Å². The molecule has 164 valence electrons. The SMILES string of the molecule is C[C@H]1CC[C@@]2(OC1)OC1CC3[C@@H]4CC[C@@H]5CCCC[C@]5(C)C4CC[C@]3(C)C1[C@@H]2C. The predicted octanol–water partition coefficient (Wildman–Crippen LogP) is 6.82. The molecular weight excluding hydrogens is 356 g/mol. The van der Waals surface area contributed by atoms with Crippen LogP contribution in [0.4, 0.5) is 0 Å². The third-order valence-electron chi connectivity index (χ3n) is 11.9. The highest BCUT2D eigenvalue weighted by Gasteiger charge is 2.68. The Hall–Kier alpha value is -0.0800. The number of rotatable bonds is 0. The summed E-state index contributed by atoms with van der Waals surface area (Å²) in [6.07, 6.45) is 16.2. The Morgan fingerprint density at radius 3 is 2.45 bits per heavy atom. The first kappa shape index (κ1) is 19.6. The van der Waals surface area contributed by atoms with Crippen molar-refractivity contribution in [3.8, 4) is 0 Å². The van der Waals surface area contributed by atoms with Gasteiger partial charge in [0.25, 0.3) is 0 Å². The first-order valence-electron chi connectivity index (χ1n) is 13.2. The van der Waals surface area contributed by atoms with Gasteiger partial charge in [0.2, 0.25) is 0 Å². The first-order valence-corrected chi connectivity index (χ1v) is 13.2. The maximum Gasteiger partial charge on any atom is 0.171 e. The lowest BCUT2D eigenvalue weighted by molar-refractivity contribution is -0.273. The van der Waals surface area contributed by atoms with E-state index in [2.05, 4.69) is 27.7 Å². The van der Waals surface area contributed by atoms with Crippen LogP contribution in [0.3, 0.4) is 0 Å². The van der Waals surface area contributed by atoms with Crippen molar-refractivity contribution in [1.82, 2.24) is 0 Å². The normalized spacial score (nSPS) is 61.7. The van der Waals surface area contributed by atoms with Gasteiger partial charge >= 0.3 is 0 Å². The predicted molar refractivity (Wildman–Crippen MR) is 116 cm³/mol. The fourth-order valence-electron chi connectivity index (χ4n) is 10.3. The maximum absolute atomic E-state index is 6.92. The molecule has 2 heterocycles. The van der Waals surface area contributed by atoms with Crippen LogP contribution in [0.2, 0.25) is 0 Å². The molecule has 0 aromatic rings. The van der Waals surface area contributed by atoms with E-state index < -0.39 is 0 Å². The van der Waals surface area contributed by atoms with Crippen LogP contribution >= 0.6 is 0 Å². The van der Waals surface area contributed by atoms with Gasteiger partial charge in [-0.25, -0.2) is 0 Å². The average molecular weight is 401 g/mol. The molecule has 4 saturated carbocycles. The van der Waals surface area contributed by atoms with Crippen LogP contribution in [0.25, 0.3) is 0 Å². The number of fused-ring (bicyclic) bond motifs is 7. The molecule has 0 aromatic carbocycles. The lowest BCUT2D eigenvalue weighted by Gasteiger charge is -2.61. The lowest BCUT2D eigenvalue weighted by Crippen LogP contribution is -2.54. The van der Waals surface area contributed by atoms with E-state index in [4.69, 9.17) is 9.47 Å². The van der Waals surface area contributed by atoms with E-state index in [1.165, 1.54) is 64.2 Å². The second-order valence-electron chi connectivity index (χ2n) is 12.9. The second kappa shape index (κ2) is 6.47. The molecule has 1 spiro atoms. The summed E-state index contributed by atoms with van der Waals surface area (Å²) in [5.74, 6) is 5.62. The zero-order valence-electron chi connectivity index (χ0n) is 19.4. The molecule has 4 unspecified atom stereocenters. The van der Waals surface area contributed by atoms with E-state index in [1.54, 1.807) is 0 Å². The van der Waals surface area contributed by atoms with Crippen LogP contribution < -0.4 is 0 Å². The Bertz CT molecular complexity index is 651. The van der Waals surface area contributed by atoms with Crippen LogP contribution in [0.15, 0.2) is 0 Å². The molecule has 6 rings (SSSR count). The third kappa shape index (κ3) is 2.54. The van der Waals surface area contributed by atoms with Gasteiger partial charge in [0.15, 0.2) is 5.79 Å². The molecule has 6 fully saturated rings. The summed E-state index contributed by atoms with van der Waals surface area (Å²) in [5, 5.41) is 0. The van der Waals surface area contributed by atoms with Gasteiger partial charge in [-0.3, -0.25) is 0 Å². The highest BCUT2D eigenvalue weighted by Crippen LogP contribution is 2.71. The molecule has 0 N–H and O–H groups in total. The van der Waals surface area contributed by atoms with E-state index in [0.29, 0.717) is 28.8 Å². The van der Waals surface area contributed by atoms with E-state index in [9.17, 15) is 0 Å². The van der Waals surface area contributed by atoms with Crippen molar-refractivity contribution < 1.29 is 9.47 Å². The van der Waals surface area contributed by atoms with Crippen molar-refractivity contribution >= 4 is 0 Å². The molecule has 6 aliphatic rings. The highest BCUT2D eigenvalue weighted by atomic mass is 16.7. The summed E-state index contributed by atoms with van der Waals surface area (Å²) in [6.45, 7) is 11.1. The zero-order valence-corrected chi connectivity index (χ0v) is 19.4. The minimum Gasteiger partial charge on any atom is -0.349 e.